The van der Waals surface area contributed by atoms with Crippen molar-refractivity contribution in [2.45, 2.75) is 13.8 Å². The number of hydrogen-bond donors (Lipinski definition) is 0. The maximum absolute atomic E-state index is 6.35. The molecule has 0 N–H and O–H groups in total. The highest BCUT2D eigenvalue weighted by Crippen LogP contribution is 2.43. The number of hydrogen-bond acceptors (Lipinski definition) is 5. The number of para-hydroxylation sites is 3. The average molecular weight is 811 g/mol. The highest BCUT2D eigenvalue weighted by molar-refractivity contribution is 6.23. The zero-order valence-electron chi connectivity index (χ0n) is 34.6. The fourth-order valence-corrected chi connectivity index (χ4v) is 9.32. The van der Waals surface area contributed by atoms with E-state index in [0.29, 0.717) is 17.6 Å². The van der Waals surface area contributed by atoms with Crippen LogP contribution in [0.15, 0.2) is 203 Å². The van der Waals surface area contributed by atoms with E-state index in [0.717, 1.165) is 99.1 Å². The van der Waals surface area contributed by atoms with Crippen LogP contribution >= 0.6 is 0 Å². The van der Waals surface area contributed by atoms with E-state index in [1.54, 1.807) is 0 Å². The van der Waals surface area contributed by atoms with Crippen LogP contribution in [-0.2, 0) is 0 Å². The lowest BCUT2D eigenvalue weighted by Gasteiger charge is -2.14. The number of rotatable bonds is 5. The molecule has 0 saturated heterocycles. The van der Waals surface area contributed by atoms with Gasteiger partial charge in [-0.25, -0.2) is 4.98 Å². The van der Waals surface area contributed by atoms with Crippen LogP contribution in [0.25, 0.3) is 127 Å². The van der Waals surface area contributed by atoms with Gasteiger partial charge in [0.1, 0.15) is 22.3 Å². The molecule has 0 amide bonds. The van der Waals surface area contributed by atoms with Gasteiger partial charge in [0.2, 0.25) is 5.95 Å². The summed E-state index contributed by atoms with van der Waals surface area (Å²) >= 11 is 0. The topological polar surface area (TPSA) is 69.9 Å². The zero-order chi connectivity index (χ0) is 42.0. The van der Waals surface area contributed by atoms with Crippen molar-refractivity contribution < 1.29 is 8.83 Å². The molecule has 13 rings (SSSR count). The van der Waals surface area contributed by atoms with E-state index in [4.69, 9.17) is 23.8 Å². The van der Waals surface area contributed by atoms with Gasteiger partial charge in [-0.1, -0.05) is 166 Å². The van der Waals surface area contributed by atoms with Gasteiger partial charge >= 0.3 is 0 Å². The Morgan fingerprint density at radius 1 is 0.365 bits per heavy atom. The molecular formula is C57H38N4O2. The SMILES string of the molecule is CC.c1ccc(-c2nc(-c3ccc4c(c3)oc3ccccc34)nc(-n3c4ccc5ccccc5c4c4cccc(-c5cccc(-c6cccc7oc8ccccc8c67)c5)c43)n2)cc1. The molecule has 0 spiro atoms. The number of fused-ring (bicyclic) bond motifs is 11. The molecule has 9 aromatic carbocycles. The molecule has 0 aliphatic carbocycles. The van der Waals surface area contributed by atoms with Crippen molar-refractivity contribution in [1.82, 2.24) is 19.5 Å². The molecule has 0 unspecified atom stereocenters. The Bertz CT molecular complexity index is 3900. The average Bonchev–Trinajstić information content (AvgIpc) is 4.04. The minimum absolute atomic E-state index is 0.530. The van der Waals surface area contributed by atoms with E-state index in [-0.39, 0.29) is 0 Å². The van der Waals surface area contributed by atoms with E-state index < -0.39 is 0 Å². The first-order valence-electron chi connectivity index (χ1n) is 21.4. The van der Waals surface area contributed by atoms with E-state index >= 15 is 0 Å². The van der Waals surface area contributed by atoms with Gasteiger partial charge in [0.15, 0.2) is 11.6 Å². The first-order valence-corrected chi connectivity index (χ1v) is 21.4. The molecule has 0 atom stereocenters. The Labute approximate surface area is 362 Å². The van der Waals surface area contributed by atoms with E-state index in [2.05, 4.69) is 126 Å². The first kappa shape index (κ1) is 36.5. The highest BCUT2D eigenvalue weighted by atomic mass is 16.3. The minimum Gasteiger partial charge on any atom is -0.456 e. The second-order valence-electron chi connectivity index (χ2n) is 15.5. The number of aromatic nitrogens is 4. The Morgan fingerprint density at radius 2 is 0.952 bits per heavy atom. The van der Waals surface area contributed by atoms with Crippen LogP contribution in [-0.4, -0.2) is 19.5 Å². The molecule has 4 heterocycles. The molecule has 6 heteroatoms. The molecule has 0 aliphatic heterocycles. The van der Waals surface area contributed by atoms with Crippen LogP contribution in [0.1, 0.15) is 13.8 Å². The molecule has 63 heavy (non-hydrogen) atoms. The molecular weight excluding hydrogens is 773 g/mol. The number of furan rings is 2. The second kappa shape index (κ2) is 14.7. The Balaban J connectivity index is 0.00000208. The number of nitrogens with zero attached hydrogens (tertiary/aromatic N) is 4. The Morgan fingerprint density at radius 3 is 1.79 bits per heavy atom. The normalized spacial score (nSPS) is 11.7. The fourth-order valence-electron chi connectivity index (χ4n) is 9.32. The maximum Gasteiger partial charge on any atom is 0.238 e. The predicted octanol–water partition coefficient (Wildman–Crippen LogP) is 15.6. The van der Waals surface area contributed by atoms with Crippen molar-refractivity contribution in [2.75, 3.05) is 0 Å². The smallest absolute Gasteiger partial charge is 0.238 e. The maximum atomic E-state index is 6.35. The summed E-state index contributed by atoms with van der Waals surface area (Å²) in [6.07, 6.45) is 0. The summed E-state index contributed by atoms with van der Waals surface area (Å²) in [6.45, 7) is 4.00. The van der Waals surface area contributed by atoms with Crippen LogP contribution in [0, 0.1) is 0 Å². The predicted molar refractivity (Wildman–Crippen MR) is 259 cm³/mol. The van der Waals surface area contributed by atoms with Crippen LogP contribution in [0.4, 0.5) is 0 Å². The Hall–Kier alpha value is -8.35. The summed E-state index contributed by atoms with van der Waals surface area (Å²) in [4.78, 5) is 15.8. The molecule has 0 bridgehead atoms. The zero-order valence-corrected chi connectivity index (χ0v) is 34.6. The molecule has 4 aromatic heterocycles. The standard InChI is InChI=1S/C55H32N4O2.C2H6/c1-2-14-34(15-3-1)53-56-54(37-27-29-42-41-19-6-8-24-46(41)61-49(42)32-37)58-55(57-53)59-45-30-28-33-13-4-5-18-38(33)50(45)44-23-11-22-40(52(44)59)36-17-10-16-35(31-36)39-21-12-26-48-51(39)43-20-7-9-25-47(43)60-48;1-2/h1-32H;1-2H3. The molecule has 13 aromatic rings. The van der Waals surface area contributed by atoms with Gasteiger partial charge in [0.25, 0.3) is 0 Å². The molecule has 0 aliphatic rings. The van der Waals surface area contributed by atoms with Crippen molar-refractivity contribution >= 4 is 76.5 Å². The summed E-state index contributed by atoms with van der Waals surface area (Å²) in [5.74, 6) is 1.67. The molecule has 0 fully saturated rings. The van der Waals surface area contributed by atoms with Crippen molar-refractivity contribution in [3.05, 3.63) is 194 Å². The lowest BCUT2D eigenvalue weighted by Crippen LogP contribution is -2.07. The third-order valence-corrected chi connectivity index (χ3v) is 12.1. The largest absolute Gasteiger partial charge is 0.456 e. The van der Waals surface area contributed by atoms with Crippen molar-refractivity contribution in [2.24, 2.45) is 0 Å². The molecule has 0 radical (unpaired) electrons. The third-order valence-electron chi connectivity index (χ3n) is 12.1. The van der Waals surface area contributed by atoms with Crippen LogP contribution < -0.4 is 0 Å². The summed E-state index contributed by atoms with van der Waals surface area (Å²) in [6, 6.07) is 67.5. The van der Waals surface area contributed by atoms with Gasteiger partial charge in [-0.15, -0.1) is 0 Å². The molecule has 6 nitrogen and oxygen atoms in total. The van der Waals surface area contributed by atoms with Gasteiger partial charge < -0.3 is 8.83 Å². The van der Waals surface area contributed by atoms with E-state index in [1.165, 1.54) is 10.8 Å². The van der Waals surface area contributed by atoms with Crippen molar-refractivity contribution in [1.29, 1.82) is 0 Å². The van der Waals surface area contributed by atoms with Crippen molar-refractivity contribution in [3.8, 4) is 51.0 Å². The highest BCUT2D eigenvalue weighted by Gasteiger charge is 2.23. The lowest BCUT2D eigenvalue weighted by atomic mass is 9.95. The Kier molecular flexibility index (Phi) is 8.50. The van der Waals surface area contributed by atoms with Crippen LogP contribution in [0.3, 0.4) is 0 Å². The van der Waals surface area contributed by atoms with Gasteiger partial charge in [-0.3, -0.25) is 4.57 Å². The lowest BCUT2D eigenvalue weighted by molar-refractivity contribution is 0.668. The van der Waals surface area contributed by atoms with Crippen LogP contribution in [0.2, 0.25) is 0 Å². The van der Waals surface area contributed by atoms with Gasteiger partial charge in [-0.05, 0) is 69.9 Å². The number of benzene rings is 9. The fraction of sp³-hybridized carbons (Fsp3) is 0.0351. The summed E-state index contributed by atoms with van der Waals surface area (Å²) in [5.41, 5.74) is 11.5. The minimum atomic E-state index is 0.530. The van der Waals surface area contributed by atoms with Gasteiger partial charge in [0, 0.05) is 49.0 Å². The van der Waals surface area contributed by atoms with Gasteiger partial charge in [0.05, 0.1) is 11.0 Å². The summed E-state index contributed by atoms with van der Waals surface area (Å²) in [7, 11) is 0. The molecule has 0 saturated carbocycles. The monoisotopic (exact) mass is 810 g/mol. The summed E-state index contributed by atoms with van der Waals surface area (Å²) < 4.78 is 14.9. The van der Waals surface area contributed by atoms with E-state index in [9.17, 15) is 0 Å². The molecule has 298 valence electrons. The van der Waals surface area contributed by atoms with Crippen LogP contribution in [0.5, 0.6) is 0 Å². The van der Waals surface area contributed by atoms with Gasteiger partial charge in [-0.2, -0.15) is 9.97 Å². The third kappa shape index (κ3) is 5.83. The second-order valence-corrected chi connectivity index (χ2v) is 15.5. The quantitative estimate of drug-likeness (QED) is 0.173. The summed E-state index contributed by atoms with van der Waals surface area (Å²) in [5, 5.41) is 8.94. The van der Waals surface area contributed by atoms with Crippen molar-refractivity contribution in [3.63, 3.8) is 0 Å². The van der Waals surface area contributed by atoms with E-state index in [1.807, 2.05) is 86.6 Å². The first-order chi connectivity index (χ1) is 31.2.